The molecule has 0 aliphatic heterocycles. The van der Waals surface area contributed by atoms with Crippen molar-refractivity contribution in [2.75, 3.05) is 0 Å². The van der Waals surface area contributed by atoms with Crippen LogP contribution in [0.3, 0.4) is 0 Å². The summed E-state index contributed by atoms with van der Waals surface area (Å²) in [4.78, 5) is 12.1. The van der Waals surface area contributed by atoms with E-state index in [1.165, 1.54) is 11.8 Å². The van der Waals surface area contributed by atoms with E-state index in [4.69, 9.17) is 32.4 Å². The summed E-state index contributed by atoms with van der Waals surface area (Å²) in [7, 11) is 0. The van der Waals surface area contributed by atoms with Gasteiger partial charge in [0, 0.05) is 5.75 Å². The summed E-state index contributed by atoms with van der Waals surface area (Å²) >= 11 is 13.3. The van der Waals surface area contributed by atoms with Gasteiger partial charge in [0.1, 0.15) is 11.6 Å². The molecule has 0 fully saturated rings. The number of halogens is 2. The van der Waals surface area contributed by atoms with E-state index in [1.54, 1.807) is 32.9 Å². The number of thioether (sulfide) groups is 1. The van der Waals surface area contributed by atoms with E-state index >= 15 is 0 Å². The van der Waals surface area contributed by atoms with Crippen LogP contribution in [-0.4, -0.2) is 21.9 Å². The molecule has 1 atom stereocenters. The van der Waals surface area contributed by atoms with Crippen LogP contribution in [0.15, 0.2) is 27.8 Å². The van der Waals surface area contributed by atoms with Gasteiger partial charge in [-0.05, 0) is 44.4 Å². The predicted molar refractivity (Wildman–Crippen MR) is 107 cm³/mol. The highest BCUT2D eigenvalue weighted by molar-refractivity contribution is 7.98. The smallest absolute Gasteiger partial charge is 0.408 e. The van der Waals surface area contributed by atoms with E-state index in [2.05, 4.69) is 15.5 Å². The third-order valence-corrected chi connectivity index (χ3v) is 5.00. The number of alkyl carbamates (subject to hydrolysis) is 1. The summed E-state index contributed by atoms with van der Waals surface area (Å²) in [5.74, 6) is 0.989. The molecule has 0 unspecified atom stereocenters. The van der Waals surface area contributed by atoms with Gasteiger partial charge in [0.25, 0.3) is 5.22 Å². The Kier molecular flexibility index (Phi) is 7.42. The zero-order chi connectivity index (χ0) is 20.2. The number of benzene rings is 1. The van der Waals surface area contributed by atoms with E-state index in [0.717, 1.165) is 5.56 Å². The molecular weight excluding hydrogens is 409 g/mol. The zero-order valence-electron chi connectivity index (χ0n) is 15.9. The average Bonchev–Trinajstić information content (AvgIpc) is 3.00. The van der Waals surface area contributed by atoms with E-state index in [0.29, 0.717) is 26.9 Å². The molecule has 0 radical (unpaired) electrons. The van der Waals surface area contributed by atoms with Crippen molar-refractivity contribution in [3.8, 4) is 0 Å². The summed E-state index contributed by atoms with van der Waals surface area (Å²) in [6.45, 7) is 9.33. The Balaban J connectivity index is 2.02. The monoisotopic (exact) mass is 431 g/mol. The van der Waals surface area contributed by atoms with Gasteiger partial charge in [-0.1, -0.05) is 54.9 Å². The molecule has 2 rings (SSSR count). The average molecular weight is 432 g/mol. The van der Waals surface area contributed by atoms with Crippen LogP contribution in [0.4, 0.5) is 4.79 Å². The molecule has 0 spiro atoms. The number of ether oxygens (including phenoxy) is 1. The fraction of sp³-hybridized carbons (Fsp3) is 0.500. The number of nitrogens with one attached hydrogen (secondary N) is 1. The van der Waals surface area contributed by atoms with Crippen molar-refractivity contribution in [1.82, 2.24) is 15.5 Å². The molecule has 1 aromatic carbocycles. The highest BCUT2D eigenvalue weighted by Gasteiger charge is 2.27. The quantitative estimate of drug-likeness (QED) is 0.574. The first-order valence-corrected chi connectivity index (χ1v) is 10.2. The lowest BCUT2D eigenvalue weighted by Gasteiger charge is -2.23. The van der Waals surface area contributed by atoms with Crippen LogP contribution in [-0.2, 0) is 10.5 Å². The second kappa shape index (κ2) is 9.17. The van der Waals surface area contributed by atoms with Crippen molar-refractivity contribution < 1.29 is 13.9 Å². The van der Waals surface area contributed by atoms with Crippen LogP contribution >= 0.6 is 35.0 Å². The minimum absolute atomic E-state index is 0.0471. The molecular formula is C18H23Cl2N3O3S. The molecule has 9 heteroatoms. The molecule has 2 aromatic rings. The van der Waals surface area contributed by atoms with Crippen molar-refractivity contribution in [1.29, 1.82) is 0 Å². The standard InChI is InChI=1S/C18H23Cl2N3O3S/c1-10(2)14(21-16(24)26-18(3,4)5)15-22-23-17(25-15)27-9-11-6-7-12(19)13(20)8-11/h6-8,10,14H,9H2,1-5H3,(H,21,24)/t14-/m0/s1. The highest BCUT2D eigenvalue weighted by Crippen LogP contribution is 2.29. The first kappa shape index (κ1) is 21.9. The molecule has 0 aliphatic carbocycles. The zero-order valence-corrected chi connectivity index (χ0v) is 18.2. The summed E-state index contributed by atoms with van der Waals surface area (Å²) in [5, 5.41) is 12.3. The molecule has 148 valence electrons. The maximum absolute atomic E-state index is 12.1. The molecule has 27 heavy (non-hydrogen) atoms. The lowest BCUT2D eigenvalue weighted by molar-refractivity contribution is 0.0477. The molecule has 0 aliphatic rings. The maximum Gasteiger partial charge on any atom is 0.408 e. The second-order valence-electron chi connectivity index (χ2n) is 7.31. The topological polar surface area (TPSA) is 77.2 Å². The van der Waals surface area contributed by atoms with Gasteiger partial charge in [0.2, 0.25) is 5.89 Å². The minimum atomic E-state index is -0.582. The van der Waals surface area contributed by atoms with Crippen LogP contribution in [0, 0.1) is 5.92 Å². The molecule has 1 amide bonds. The van der Waals surface area contributed by atoms with Gasteiger partial charge in [-0.25, -0.2) is 4.79 Å². The fourth-order valence-electron chi connectivity index (χ4n) is 2.13. The number of hydrogen-bond acceptors (Lipinski definition) is 6. The normalized spacial score (nSPS) is 12.9. The number of nitrogens with zero attached hydrogens (tertiary/aromatic N) is 2. The Morgan fingerprint density at radius 2 is 1.96 bits per heavy atom. The van der Waals surface area contributed by atoms with Crippen LogP contribution in [0.25, 0.3) is 0 Å². The summed E-state index contributed by atoms with van der Waals surface area (Å²) < 4.78 is 11.0. The molecule has 1 aromatic heterocycles. The number of aromatic nitrogens is 2. The largest absolute Gasteiger partial charge is 0.444 e. The fourth-order valence-corrected chi connectivity index (χ4v) is 3.16. The van der Waals surface area contributed by atoms with E-state index in [1.807, 2.05) is 19.9 Å². The molecule has 0 bridgehead atoms. The minimum Gasteiger partial charge on any atom is -0.444 e. The third-order valence-electron chi connectivity index (χ3n) is 3.37. The Morgan fingerprint density at radius 3 is 2.56 bits per heavy atom. The van der Waals surface area contributed by atoms with Crippen molar-refractivity contribution in [2.24, 2.45) is 5.92 Å². The SMILES string of the molecule is CC(C)[C@H](NC(=O)OC(C)(C)C)c1nnc(SCc2ccc(Cl)c(Cl)c2)o1. The lowest BCUT2D eigenvalue weighted by Crippen LogP contribution is -2.37. The van der Waals surface area contributed by atoms with Gasteiger partial charge in [-0.2, -0.15) is 0 Å². The van der Waals surface area contributed by atoms with Crippen molar-refractivity contribution >= 4 is 41.1 Å². The highest BCUT2D eigenvalue weighted by atomic mass is 35.5. The summed E-state index contributed by atoms with van der Waals surface area (Å²) in [6, 6.07) is 5.00. The van der Waals surface area contributed by atoms with Crippen molar-refractivity contribution in [3.63, 3.8) is 0 Å². The number of carbonyl (C=O) groups excluding carboxylic acids is 1. The number of rotatable bonds is 6. The second-order valence-corrected chi connectivity index (χ2v) is 9.05. The number of hydrogen-bond donors (Lipinski definition) is 1. The predicted octanol–water partition coefficient (Wildman–Crippen LogP) is 5.89. The Morgan fingerprint density at radius 1 is 1.26 bits per heavy atom. The van der Waals surface area contributed by atoms with Gasteiger partial charge in [0.15, 0.2) is 0 Å². The molecule has 0 saturated heterocycles. The Hall–Kier alpha value is -1.44. The third kappa shape index (κ3) is 6.90. The molecule has 1 heterocycles. The first-order valence-electron chi connectivity index (χ1n) is 8.45. The van der Waals surface area contributed by atoms with Gasteiger partial charge in [0.05, 0.1) is 10.0 Å². The molecule has 6 nitrogen and oxygen atoms in total. The van der Waals surface area contributed by atoms with Gasteiger partial charge in [-0.15, -0.1) is 10.2 Å². The van der Waals surface area contributed by atoms with E-state index in [-0.39, 0.29) is 5.92 Å². The molecule has 0 saturated carbocycles. The van der Waals surface area contributed by atoms with E-state index < -0.39 is 17.7 Å². The van der Waals surface area contributed by atoms with E-state index in [9.17, 15) is 4.79 Å². The Labute approximate surface area is 173 Å². The van der Waals surface area contributed by atoms with Gasteiger partial charge < -0.3 is 14.5 Å². The van der Waals surface area contributed by atoms with Crippen molar-refractivity contribution in [2.45, 2.75) is 57.2 Å². The first-order chi connectivity index (χ1) is 12.5. The van der Waals surface area contributed by atoms with Crippen molar-refractivity contribution in [3.05, 3.63) is 39.7 Å². The van der Waals surface area contributed by atoms with Gasteiger partial charge >= 0.3 is 6.09 Å². The van der Waals surface area contributed by atoms with Crippen LogP contribution in [0.5, 0.6) is 0 Å². The van der Waals surface area contributed by atoms with Crippen LogP contribution < -0.4 is 5.32 Å². The van der Waals surface area contributed by atoms with Gasteiger partial charge in [-0.3, -0.25) is 0 Å². The maximum atomic E-state index is 12.1. The number of amides is 1. The summed E-state index contributed by atoms with van der Waals surface area (Å²) in [6.07, 6.45) is -0.524. The Bertz CT molecular complexity index is 790. The molecule has 1 N–H and O–H groups in total. The van der Waals surface area contributed by atoms with Crippen LogP contribution in [0.2, 0.25) is 10.0 Å². The summed E-state index contributed by atoms with van der Waals surface area (Å²) in [5.41, 5.74) is 0.405. The van der Waals surface area contributed by atoms with Crippen LogP contribution in [0.1, 0.15) is 52.1 Å². The number of carbonyl (C=O) groups is 1. The lowest BCUT2D eigenvalue weighted by atomic mass is 10.1.